The van der Waals surface area contributed by atoms with E-state index in [1.807, 2.05) is 0 Å². The molecule has 1 aliphatic rings. The lowest BCUT2D eigenvalue weighted by atomic mass is 10.0. The number of ketones is 1. The van der Waals surface area contributed by atoms with Gasteiger partial charge in [0.05, 0.1) is 0 Å². The van der Waals surface area contributed by atoms with Gasteiger partial charge >= 0.3 is 0 Å². The van der Waals surface area contributed by atoms with Crippen molar-refractivity contribution >= 4 is 5.78 Å². The molecule has 0 N–H and O–H groups in total. The second kappa shape index (κ2) is 5.31. The zero-order valence-electron chi connectivity index (χ0n) is 7.84. The van der Waals surface area contributed by atoms with Gasteiger partial charge in [-0.2, -0.15) is 0 Å². The molecule has 1 heterocycles. The molecule has 1 fully saturated rings. The van der Waals surface area contributed by atoms with Crippen molar-refractivity contribution in [2.24, 2.45) is 5.92 Å². The van der Waals surface area contributed by atoms with Crippen LogP contribution >= 0.6 is 0 Å². The van der Waals surface area contributed by atoms with E-state index in [0.717, 1.165) is 38.9 Å². The normalized spacial score (nSPS) is 28.4. The maximum Gasteiger partial charge on any atom is 0.133 e. The third-order valence-electron chi connectivity index (χ3n) is 2.22. The molecule has 0 aromatic rings. The van der Waals surface area contributed by atoms with Crippen LogP contribution in [0.25, 0.3) is 0 Å². The maximum absolute atomic E-state index is 11.3. The van der Waals surface area contributed by atoms with E-state index in [1.165, 1.54) is 0 Å². The molecule has 70 valence electrons. The lowest BCUT2D eigenvalue weighted by Gasteiger charge is -2.13. The Bertz CT molecular complexity index is 143. The largest absolute Gasteiger partial charge is 0.381 e. The number of hydrogen-bond acceptors (Lipinski definition) is 2. The van der Waals surface area contributed by atoms with Crippen molar-refractivity contribution in [3.8, 4) is 0 Å². The summed E-state index contributed by atoms with van der Waals surface area (Å²) in [5, 5.41) is 0. The lowest BCUT2D eigenvalue weighted by molar-refractivity contribution is -0.120. The summed E-state index contributed by atoms with van der Waals surface area (Å²) in [4.78, 5) is 11.3. The molecule has 0 bridgehead atoms. The molecule has 0 saturated carbocycles. The Labute approximate surface area is 74.3 Å². The van der Waals surface area contributed by atoms with Crippen molar-refractivity contribution in [2.45, 2.75) is 39.0 Å². The van der Waals surface area contributed by atoms with Crippen molar-refractivity contribution < 1.29 is 9.53 Å². The first kappa shape index (κ1) is 9.72. The van der Waals surface area contributed by atoms with Gasteiger partial charge in [0.1, 0.15) is 5.78 Å². The smallest absolute Gasteiger partial charge is 0.133 e. The molecule has 12 heavy (non-hydrogen) atoms. The molecule has 1 rings (SSSR count). The molecule has 0 radical (unpaired) electrons. The minimum absolute atomic E-state index is 0.410. The molecule has 0 amide bonds. The molecular formula is C10H18O2. The fraction of sp³-hybridized carbons (Fsp3) is 0.900. The predicted molar refractivity (Wildman–Crippen MR) is 48.1 cm³/mol. The molecule has 1 saturated heterocycles. The van der Waals surface area contributed by atoms with Crippen LogP contribution in [0.1, 0.15) is 39.0 Å². The van der Waals surface area contributed by atoms with Gasteiger partial charge in [0.25, 0.3) is 0 Å². The topological polar surface area (TPSA) is 26.3 Å². The van der Waals surface area contributed by atoms with E-state index >= 15 is 0 Å². The summed E-state index contributed by atoms with van der Waals surface area (Å²) in [5.74, 6) is 0.823. The molecule has 1 unspecified atom stereocenters. The summed E-state index contributed by atoms with van der Waals surface area (Å²) < 4.78 is 5.42. The standard InChI is InChI=1S/C10H18O2/c1-9-7-10(11)5-3-2-4-6-12-8-9/h9H,2-8H2,1H3. The highest BCUT2D eigenvalue weighted by atomic mass is 16.5. The number of ether oxygens (including phenoxy) is 1. The number of carbonyl (C=O) groups excluding carboxylic acids is 1. The monoisotopic (exact) mass is 170 g/mol. The Morgan fingerprint density at radius 1 is 1.33 bits per heavy atom. The minimum atomic E-state index is 0.410. The maximum atomic E-state index is 11.3. The molecule has 0 aromatic carbocycles. The Hall–Kier alpha value is -0.370. The highest BCUT2D eigenvalue weighted by Gasteiger charge is 2.10. The van der Waals surface area contributed by atoms with Crippen molar-refractivity contribution in [1.29, 1.82) is 0 Å². The first-order valence-electron chi connectivity index (χ1n) is 4.88. The van der Waals surface area contributed by atoms with Gasteiger partial charge in [-0.1, -0.05) is 13.3 Å². The number of rotatable bonds is 0. The highest BCUT2D eigenvalue weighted by Crippen LogP contribution is 2.11. The second-order valence-corrected chi connectivity index (χ2v) is 3.73. The van der Waals surface area contributed by atoms with Gasteiger partial charge < -0.3 is 4.74 Å². The van der Waals surface area contributed by atoms with Gasteiger partial charge in [-0.3, -0.25) is 4.79 Å². The van der Waals surface area contributed by atoms with Gasteiger partial charge in [0.15, 0.2) is 0 Å². The van der Waals surface area contributed by atoms with E-state index in [-0.39, 0.29) is 0 Å². The van der Waals surface area contributed by atoms with Crippen molar-refractivity contribution in [3.05, 3.63) is 0 Å². The molecule has 0 aromatic heterocycles. The van der Waals surface area contributed by atoms with Gasteiger partial charge in [-0.05, 0) is 18.8 Å². The van der Waals surface area contributed by atoms with Crippen molar-refractivity contribution in [3.63, 3.8) is 0 Å². The molecule has 2 heteroatoms. The van der Waals surface area contributed by atoms with Crippen molar-refractivity contribution in [1.82, 2.24) is 0 Å². The minimum Gasteiger partial charge on any atom is -0.381 e. The first-order valence-corrected chi connectivity index (χ1v) is 4.88. The summed E-state index contributed by atoms with van der Waals surface area (Å²) >= 11 is 0. The fourth-order valence-electron chi connectivity index (χ4n) is 1.54. The van der Waals surface area contributed by atoms with E-state index in [2.05, 4.69) is 6.92 Å². The van der Waals surface area contributed by atoms with E-state index < -0.39 is 0 Å². The third kappa shape index (κ3) is 3.86. The first-order chi connectivity index (χ1) is 5.79. The zero-order chi connectivity index (χ0) is 8.81. The van der Waals surface area contributed by atoms with Crippen LogP contribution in [0.5, 0.6) is 0 Å². The SMILES string of the molecule is CC1COCCCCCC(=O)C1. The molecule has 1 atom stereocenters. The van der Waals surface area contributed by atoms with Gasteiger partial charge in [-0.15, -0.1) is 0 Å². The zero-order valence-corrected chi connectivity index (χ0v) is 7.84. The molecule has 0 aliphatic carbocycles. The highest BCUT2D eigenvalue weighted by molar-refractivity contribution is 5.78. The summed E-state index contributed by atoms with van der Waals surface area (Å²) in [6.45, 7) is 3.71. The fourth-order valence-corrected chi connectivity index (χ4v) is 1.54. The third-order valence-corrected chi connectivity index (χ3v) is 2.22. The van der Waals surface area contributed by atoms with Crippen LogP contribution in [0.3, 0.4) is 0 Å². The number of carbonyl (C=O) groups is 1. The van der Waals surface area contributed by atoms with E-state index in [1.54, 1.807) is 0 Å². The summed E-state index contributed by atoms with van der Waals surface area (Å²) in [6.07, 6.45) is 4.79. The Balaban J connectivity index is 2.29. The Kier molecular flexibility index (Phi) is 4.30. The van der Waals surface area contributed by atoms with Crippen LogP contribution in [-0.2, 0) is 9.53 Å². The Morgan fingerprint density at radius 2 is 2.17 bits per heavy atom. The van der Waals surface area contributed by atoms with Crippen LogP contribution in [0.2, 0.25) is 0 Å². The summed E-state index contributed by atoms with van der Waals surface area (Å²) in [7, 11) is 0. The van der Waals surface area contributed by atoms with E-state index in [9.17, 15) is 4.79 Å². The number of hydrogen-bond donors (Lipinski definition) is 0. The molecular weight excluding hydrogens is 152 g/mol. The van der Waals surface area contributed by atoms with Crippen LogP contribution in [0.15, 0.2) is 0 Å². The van der Waals surface area contributed by atoms with Gasteiger partial charge in [0, 0.05) is 26.1 Å². The number of Topliss-reactive ketones (excluding diaryl/α,β-unsaturated/α-hetero) is 1. The predicted octanol–water partition coefficient (Wildman–Crippen LogP) is 2.17. The Morgan fingerprint density at radius 3 is 3.00 bits per heavy atom. The van der Waals surface area contributed by atoms with E-state index in [0.29, 0.717) is 18.1 Å². The van der Waals surface area contributed by atoms with E-state index in [4.69, 9.17) is 4.74 Å². The van der Waals surface area contributed by atoms with Crippen LogP contribution in [0, 0.1) is 5.92 Å². The summed E-state index contributed by atoms with van der Waals surface area (Å²) in [6, 6.07) is 0. The van der Waals surface area contributed by atoms with Crippen molar-refractivity contribution in [2.75, 3.05) is 13.2 Å². The average molecular weight is 170 g/mol. The van der Waals surface area contributed by atoms with Gasteiger partial charge in [-0.25, -0.2) is 0 Å². The second-order valence-electron chi connectivity index (χ2n) is 3.73. The summed E-state index contributed by atoms with van der Waals surface area (Å²) in [5.41, 5.74) is 0. The van der Waals surface area contributed by atoms with Crippen LogP contribution < -0.4 is 0 Å². The lowest BCUT2D eigenvalue weighted by Crippen LogP contribution is -2.13. The van der Waals surface area contributed by atoms with Crippen LogP contribution in [-0.4, -0.2) is 19.0 Å². The average Bonchev–Trinajstić information content (AvgIpc) is 2.02. The molecule has 2 nitrogen and oxygen atoms in total. The molecule has 1 aliphatic heterocycles. The van der Waals surface area contributed by atoms with Crippen LogP contribution in [0.4, 0.5) is 0 Å². The van der Waals surface area contributed by atoms with Gasteiger partial charge in [0.2, 0.25) is 0 Å². The quantitative estimate of drug-likeness (QED) is 0.557. The molecule has 0 spiro atoms.